The maximum Gasteiger partial charge on any atom is 0.231 e. The first-order valence-corrected chi connectivity index (χ1v) is 7.21. The molecule has 21 heavy (non-hydrogen) atoms. The second kappa shape index (κ2) is 5.60. The van der Waals surface area contributed by atoms with Gasteiger partial charge in [-0.2, -0.15) is 5.10 Å². The van der Waals surface area contributed by atoms with Crippen LogP contribution in [0.4, 0.5) is 0 Å². The van der Waals surface area contributed by atoms with Crippen molar-refractivity contribution in [2.75, 3.05) is 6.79 Å². The van der Waals surface area contributed by atoms with Crippen LogP contribution in [0.25, 0.3) is 11.3 Å². The Morgan fingerprint density at radius 3 is 2.76 bits per heavy atom. The fourth-order valence-electron chi connectivity index (χ4n) is 2.61. The lowest BCUT2D eigenvalue weighted by molar-refractivity contribution is 0.112. The normalized spacial score (nSPS) is 12.9. The number of ether oxygens (including phenoxy) is 2. The third-order valence-corrected chi connectivity index (χ3v) is 3.85. The number of nitrogens with zero attached hydrogens (tertiary/aromatic N) is 2. The van der Waals surface area contributed by atoms with Crippen molar-refractivity contribution in [2.45, 2.75) is 32.7 Å². The highest BCUT2D eigenvalue weighted by atomic mass is 16.7. The third-order valence-electron chi connectivity index (χ3n) is 3.85. The number of aromatic nitrogens is 2. The predicted molar refractivity (Wildman–Crippen MR) is 78.8 cm³/mol. The number of hydrogen-bond donors (Lipinski definition) is 0. The number of benzene rings is 1. The maximum absolute atomic E-state index is 11.3. The summed E-state index contributed by atoms with van der Waals surface area (Å²) in [7, 11) is 0. The zero-order chi connectivity index (χ0) is 14.8. The van der Waals surface area contributed by atoms with Crippen LogP contribution in [0.3, 0.4) is 0 Å². The second-order valence-corrected chi connectivity index (χ2v) is 5.07. The lowest BCUT2D eigenvalue weighted by Crippen LogP contribution is -2.07. The quantitative estimate of drug-likeness (QED) is 0.790. The predicted octanol–water partition coefficient (Wildman–Crippen LogP) is 3.45. The Hall–Kier alpha value is -2.30. The van der Waals surface area contributed by atoms with E-state index in [-0.39, 0.29) is 6.79 Å². The van der Waals surface area contributed by atoms with Gasteiger partial charge in [0.15, 0.2) is 17.8 Å². The molecule has 0 bridgehead atoms. The first kappa shape index (κ1) is 13.7. The molecule has 0 atom stereocenters. The number of rotatable bonds is 5. The van der Waals surface area contributed by atoms with E-state index in [0.717, 1.165) is 30.4 Å². The van der Waals surface area contributed by atoms with Gasteiger partial charge in [0.25, 0.3) is 0 Å². The molecule has 110 valence electrons. The molecule has 1 aromatic carbocycles. The van der Waals surface area contributed by atoms with Gasteiger partial charge in [-0.1, -0.05) is 13.8 Å². The van der Waals surface area contributed by atoms with E-state index < -0.39 is 0 Å². The largest absolute Gasteiger partial charge is 0.454 e. The molecule has 0 fully saturated rings. The minimum Gasteiger partial charge on any atom is -0.454 e. The van der Waals surface area contributed by atoms with Crippen LogP contribution in [0.15, 0.2) is 24.4 Å². The molecule has 2 heterocycles. The summed E-state index contributed by atoms with van der Waals surface area (Å²) >= 11 is 0. The molecule has 0 radical (unpaired) electrons. The summed E-state index contributed by atoms with van der Waals surface area (Å²) in [6.07, 6.45) is 4.64. The van der Waals surface area contributed by atoms with Crippen LogP contribution in [-0.2, 0) is 0 Å². The van der Waals surface area contributed by atoms with E-state index in [0.29, 0.717) is 23.0 Å². The van der Waals surface area contributed by atoms with Crippen molar-refractivity contribution < 1.29 is 14.3 Å². The van der Waals surface area contributed by atoms with E-state index >= 15 is 0 Å². The number of fused-ring (bicyclic) bond motifs is 1. The number of aldehydes is 1. The van der Waals surface area contributed by atoms with Crippen molar-refractivity contribution in [3.05, 3.63) is 30.0 Å². The zero-order valence-corrected chi connectivity index (χ0v) is 12.2. The monoisotopic (exact) mass is 286 g/mol. The van der Waals surface area contributed by atoms with Crippen molar-refractivity contribution in [3.63, 3.8) is 0 Å². The minimum absolute atomic E-state index is 0.238. The van der Waals surface area contributed by atoms with Crippen molar-refractivity contribution in [1.82, 2.24) is 9.78 Å². The molecule has 0 amide bonds. The van der Waals surface area contributed by atoms with E-state index in [1.807, 2.05) is 29.1 Å². The Bertz CT molecular complexity index is 660. The Labute approximate surface area is 123 Å². The fourth-order valence-corrected chi connectivity index (χ4v) is 2.61. The summed E-state index contributed by atoms with van der Waals surface area (Å²) in [5, 5.41) is 4.61. The Morgan fingerprint density at radius 2 is 2.05 bits per heavy atom. The van der Waals surface area contributed by atoms with E-state index in [1.54, 1.807) is 0 Å². The highest BCUT2D eigenvalue weighted by molar-refractivity contribution is 5.85. The first-order valence-electron chi connectivity index (χ1n) is 7.21. The molecule has 5 nitrogen and oxygen atoms in total. The molecule has 1 aliphatic heterocycles. The number of hydrogen-bond acceptors (Lipinski definition) is 4. The van der Waals surface area contributed by atoms with Gasteiger partial charge < -0.3 is 9.47 Å². The SMILES string of the molecule is CCC(CC)n1cc(C=O)c(-c2ccc3c(c2)OCO3)n1. The molecule has 0 saturated heterocycles. The molecular formula is C16H18N2O3. The summed E-state index contributed by atoms with van der Waals surface area (Å²) in [6.45, 7) is 4.48. The highest BCUT2D eigenvalue weighted by Gasteiger charge is 2.18. The van der Waals surface area contributed by atoms with Gasteiger partial charge in [-0.25, -0.2) is 0 Å². The van der Waals surface area contributed by atoms with Crippen LogP contribution in [0.2, 0.25) is 0 Å². The van der Waals surface area contributed by atoms with Gasteiger partial charge in [0.1, 0.15) is 5.69 Å². The van der Waals surface area contributed by atoms with E-state index in [9.17, 15) is 4.79 Å². The number of carbonyl (C=O) groups excluding carboxylic acids is 1. The third kappa shape index (κ3) is 2.39. The molecule has 0 N–H and O–H groups in total. The van der Waals surface area contributed by atoms with Crippen LogP contribution in [-0.4, -0.2) is 22.9 Å². The summed E-state index contributed by atoms with van der Waals surface area (Å²) in [5.74, 6) is 1.42. The molecule has 1 aliphatic rings. The van der Waals surface area contributed by atoms with Gasteiger partial charge in [0, 0.05) is 11.8 Å². The average Bonchev–Trinajstić information content (AvgIpc) is 3.14. The standard InChI is InChI=1S/C16H18N2O3/c1-3-13(4-2)18-8-12(9-19)16(17-18)11-5-6-14-15(7-11)21-10-20-14/h5-9,13H,3-4,10H2,1-2H3. The molecule has 0 aliphatic carbocycles. The van der Waals surface area contributed by atoms with Gasteiger partial charge in [0.2, 0.25) is 6.79 Å². The van der Waals surface area contributed by atoms with Crippen molar-refractivity contribution in [2.24, 2.45) is 0 Å². The Morgan fingerprint density at radius 1 is 1.29 bits per heavy atom. The molecule has 0 saturated carbocycles. The zero-order valence-electron chi connectivity index (χ0n) is 12.2. The minimum atomic E-state index is 0.238. The van der Waals surface area contributed by atoms with Gasteiger partial charge in [0.05, 0.1) is 11.6 Å². The van der Waals surface area contributed by atoms with Crippen molar-refractivity contribution >= 4 is 6.29 Å². The van der Waals surface area contributed by atoms with Crippen LogP contribution in [0, 0.1) is 0 Å². The molecular weight excluding hydrogens is 268 g/mol. The summed E-state index contributed by atoms with van der Waals surface area (Å²) < 4.78 is 12.6. The first-order chi connectivity index (χ1) is 10.3. The van der Waals surface area contributed by atoms with Crippen molar-refractivity contribution in [1.29, 1.82) is 0 Å². The van der Waals surface area contributed by atoms with E-state index in [4.69, 9.17) is 9.47 Å². The molecule has 3 rings (SSSR count). The molecule has 2 aromatic rings. The molecule has 0 unspecified atom stereocenters. The van der Waals surface area contributed by atoms with Gasteiger partial charge >= 0.3 is 0 Å². The van der Waals surface area contributed by atoms with E-state index in [1.165, 1.54) is 0 Å². The second-order valence-electron chi connectivity index (χ2n) is 5.07. The summed E-state index contributed by atoms with van der Waals surface area (Å²) in [6, 6.07) is 5.93. The van der Waals surface area contributed by atoms with Crippen molar-refractivity contribution in [3.8, 4) is 22.8 Å². The lowest BCUT2D eigenvalue weighted by atomic mass is 10.1. The average molecular weight is 286 g/mol. The van der Waals surface area contributed by atoms with Gasteiger partial charge in [-0.15, -0.1) is 0 Å². The maximum atomic E-state index is 11.3. The smallest absolute Gasteiger partial charge is 0.231 e. The van der Waals surface area contributed by atoms with Crippen LogP contribution in [0.1, 0.15) is 43.1 Å². The van der Waals surface area contributed by atoms with Gasteiger partial charge in [-0.3, -0.25) is 9.48 Å². The number of carbonyl (C=O) groups is 1. The molecule has 1 aromatic heterocycles. The summed E-state index contributed by atoms with van der Waals surface area (Å²) in [5.41, 5.74) is 2.15. The van der Waals surface area contributed by atoms with Crippen LogP contribution < -0.4 is 9.47 Å². The van der Waals surface area contributed by atoms with Crippen LogP contribution in [0.5, 0.6) is 11.5 Å². The van der Waals surface area contributed by atoms with E-state index in [2.05, 4.69) is 18.9 Å². The Kier molecular flexibility index (Phi) is 3.64. The van der Waals surface area contributed by atoms with Crippen LogP contribution >= 0.6 is 0 Å². The molecule has 5 heteroatoms. The highest BCUT2D eigenvalue weighted by Crippen LogP contribution is 2.36. The lowest BCUT2D eigenvalue weighted by Gasteiger charge is -2.12. The summed E-state index contributed by atoms with van der Waals surface area (Å²) in [4.78, 5) is 11.3. The van der Waals surface area contributed by atoms with Gasteiger partial charge in [-0.05, 0) is 31.0 Å². The topological polar surface area (TPSA) is 53.4 Å². The molecule has 0 spiro atoms. The fraction of sp³-hybridized carbons (Fsp3) is 0.375. The Balaban J connectivity index is 2.03.